The first-order valence-electron chi connectivity index (χ1n) is 7.90. The van der Waals surface area contributed by atoms with Gasteiger partial charge in [0, 0.05) is 30.8 Å². The van der Waals surface area contributed by atoms with Crippen LogP contribution in [0.1, 0.15) is 37.3 Å². The van der Waals surface area contributed by atoms with Gasteiger partial charge in [-0.25, -0.2) is 4.39 Å². The predicted octanol–water partition coefficient (Wildman–Crippen LogP) is 4.07. The van der Waals surface area contributed by atoms with Crippen molar-refractivity contribution >= 4 is 11.6 Å². The van der Waals surface area contributed by atoms with Crippen LogP contribution in [0.3, 0.4) is 0 Å². The normalized spacial score (nSPS) is 10.8. The average molecular weight is 314 g/mol. The minimum absolute atomic E-state index is 0.0525. The fourth-order valence-corrected chi connectivity index (χ4v) is 2.24. The molecule has 0 saturated heterocycles. The second-order valence-corrected chi connectivity index (χ2v) is 5.84. The monoisotopic (exact) mass is 314 g/mol. The van der Waals surface area contributed by atoms with Crippen LogP contribution in [0.15, 0.2) is 48.5 Å². The van der Waals surface area contributed by atoms with Crippen LogP contribution < -0.4 is 10.6 Å². The van der Waals surface area contributed by atoms with Gasteiger partial charge in [0.2, 0.25) is 5.91 Å². The predicted molar refractivity (Wildman–Crippen MR) is 91.9 cm³/mol. The molecule has 0 fully saturated rings. The first-order valence-corrected chi connectivity index (χ1v) is 7.90. The van der Waals surface area contributed by atoms with E-state index >= 15 is 0 Å². The van der Waals surface area contributed by atoms with E-state index in [1.165, 1.54) is 11.6 Å². The maximum absolute atomic E-state index is 13.4. The number of carbonyl (C=O) groups is 1. The van der Waals surface area contributed by atoms with Crippen molar-refractivity contribution in [2.24, 2.45) is 0 Å². The summed E-state index contributed by atoms with van der Waals surface area (Å²) in [5, 5.41) is 5.95. The molecule has 1 amide bonds. The van der Waals surface area contributed by atoms with Crippen molar-refractivity contribution in [3.63, 3.8) is 0 Å². The molecule has 23 heavy (non-hydrogen) atoms. The van der Waals surface area contributed by atoms with E-state index < -0.39 is 0 Å². The van der Waals surface area contributed by atoms with Crippen molar-refractivity contribution in [3.8, 4) is 0 Å². The van der Waals surface area contributed by atoms with Crippen LogP contribution in [-0.4, -0.2) is 12.5 Å². The van der Waals surface area contributed by atoms with Gasteiger partial charge in [-0.2, -0.15) is 0 Å². The van der Waals surface area contributed by atoms with Gasteiger partial charge in [0.15, 0.2) is 0 Å². The molecule has 3 nitrogen and oxygen atoms in total. The first kappa shape index (κ1) is 17.2. The highest BCUT2D eigenvalue weighted by Gasteiger charge is 2.04. The molecule has 0 unspecified atom stereocenters. The molecule has 2 aromatic rings. The number of carbonyl (C=O) groups excluding carboxylic acids is 1. The van der Waals surface area contributed by atoms with Gasteiger partial charge in [-0.3, -0.25) is 4.79 Å². The zero-order valence-electron chi connectivity index (χ0n) is 13.6. The van der Waals surface area contributed by atoms with E-state index in [0.717, 1.165) is 5.69 Å². The zero-order valence-corrected chi connectivity index (χ0v) is 13.6. The van der Waals surface area contributed by atoms with Crippen molar-refractivity contribution in [3.05, 3.63) is 65.5 Å². The summed E-state index contributed by atoms with van der Waals surface area (Å²) in [6, 6.07) is 14.5. The highest BCUT2D eigenvalue weighted by Crippen LogP contribution is 2.17. The lowest BCUT2D eigenvalue weighted by atomic mass is 10.0. The third-order valence-electron chi connectivity index (χ3n) is 3.66. The molecule has 0 bridgehead atoms. The average Bonchev–Trinajstić information content (AvgIpc) is 2.53. The summed E-state index contributed by atoms with van der Waals surface area (Å²) >= 11 is 0. The van der Waals surface area contributed by atoms with E-state index in [4.69, 9.17) is 0 Å². The van der Waals surface area contributed by atoms with Crippen LogP contribution in [-0.2, 0) is 11.3 Å². The minimum Gasteiger partial charge on any atom is -0.326 e. The lowest BCUT2D eigenvalue weighted by Crippen LogP contribution is -2.21. The highest BCUT2D eigenvalue weighted by molar-refractivity contribution is 5.90. The summed E-state index contributed by atoms with van der Waals surface area (Å²) in [5.74, 6) is 0.195. The lowest BCUT2D eigenvalue weighted by molar-refractivity contribution is -0.116. The summed E-state index contributed by atoms with van der Waals surface area (Å²) in [7, 11) is 0. The van der Waals surface area contributed by atoms with E-state index in [0.29, 0.717) is 31.0 Å². The molecular weight excluding hydrogens is 291 g/mol. The van der Waals surface area contributed by atoms with Gasteiger partial charge < -0.3 is 10.6 Å². The third-order valence-corrected chi connectivity index (χ3v) is 3.66. The molecule has 122 valence electrons. The molecule has 2 aromatic carbocycles. The number of halogens is 1. The Bertz CT molecular complexity index is 638. The Morgan fingerprint density at radius 1 is 1.09 bits per heavy atom. The molecule has 0 saturated carbocycles. The summed E-state index contributed by atoms with van der Waals surface area (Å²) in [6.07, 6.45) is 0.348. The van der Waals surface area contributed by atoms with Crippen molar-refractivity contribution < 1.29 is 9.18 Å². The van der Waals surface area contributed by atoms with E-state index in [1.54, 1.807) is 18.2 Å². The maximum Gasteiger partial charge on any atom is 0.225 e. The Labute approximate surface area is 136 Å². The molecule has 0 aromatic heterocycles. The second kappa shape index (κ2) is 8.44. The van der Waals surface area contributed by atoms with E-state index in [1.807, 2.05) is 24.3 Å². The Hall–Kier alpha value is -2.20. The van der Waals surface area contributed by atoms with Crippen molar-refractivity contribution in [1.82, 2.24) is 5.32 Å². The Kier molecular flexibility index (Phi) is 6.29. The molecule has 2 N–H and O–H groups in total. The summed E-state index contributed by atoms with van der Waals surface area (Å²) < 4.78 is 13.4. The molecule has 0 atom stereocenters. The Balaban J connectivity index is 1.72. The molecule has 0 aliphatic carbocycles. The van der Waals surface area contributed by atoms with Gasteiger partial charge in [0.1, 0.15) is 5.82 Å². The standard InChI is InChI=1S/C19H23FN2O/c1-14(2)15-7-9-17(10-8-15)22-19(23)11-12-21-13-16-5-3-4-6-18(16)20/h3-10,14,21H,11-13H2,1-2H3,(H,22,23). The van der Waals surface area contributed by atoms with Crippen molar-refractivity contribution in [1.29, 1.82) is 0 Å². The number of benzene rings is 2. The van der Waals surface area contributed by atoms with Gasteiger partial charge in [-0.05, 0) is 29.7 Å². The van der Waals surface area contributed by atoms with Crippen LogP contribution in [0.25, 0.3) is 0 Å². The molecule has 0 spiro atoms. The zero-order chi connectivity index (χ0) is 16.7. The number of rotatable bonds is 7. The Morgan fingerprint density at radius 3 is 2.43 bits per heavy atom. The maximum atomic E-state index is 13.4. The van der Waals surface area contributed by atoms with E-state index in [9.17, 15) is 9.18 Å². The van der Waals surface area contributed by atoms with Gasteiger partial charge in [0.05, 0.1) is 0 Å². The smallest absolute Gasteiger partial charge is 0.225 e. The fraction of sp³-hybridized carbons (Fsp3) is 0.316. The van der Waals surface area contributed by atoms with Crippen LogP contribution in [0.4, 0.5) is 10.1 Å². The molecule has 2 rings (SSSR count). The topological polar surface area (TPSA) is 41.1 Å². The molecule has 0 aliphatic rings. The molecular formula is C19H23FN2O. The van der Waals surface area contributed by atoms with Crippen LogP contribution in [0, 0.1) is 5.82 Å². The molecule has 4 heteroatoms. The summed E-state index contributed by atoms with van der Waals surface area (Å²) in [6.45, 7) is 5.19. The second-order valence-electron chi connectivity index (χ2n) is 5.84. The Morgan fingerprint density at radius 2 is 1.78 bits per heavy atom. The first-order chi connectivity index (χ1) is 11.1. The number of nitrogens with one attached hydrogen (secondary N) is 2. The number of anilines is 1. The summed E-state index contributed by atoms with van der Waals surface area (Å²) in [5.41, 5.74) is 2.65. The van der Waals surface area contributed by atoms with Gasteiger partial charge in [-0.1, -0.05) is 44.2 Å². The SMILES string of the molecule is CC(C)c1ccc(NC(=O)CCNCc2ccccc2F)cc1. The van der Waals surface area contributed by atoms with Crippen molar-refractivity contribution in [2.75, 3.05) is 11.9 Å². The van der Waals surface area contributed by atoms with E-state index in [2.05, 4.69) is 24.5 Å². The van der Waals surface area contributed by atoms with Crippen LogP contribution >= 0.6 is 0 Å². The molecule has 0 radical (unpaired) electrons. The number of amides is 1. The number of hydrogen-bond donors (Lipinski definition) is 2. The van der Waals surface area contributed by atoms with Crippen LogP contribution in [0.5, 0.6) is 0 Å². The highest BCUT2D eigenvalue weighted by atomic mass is 19.1. The molecule has 0 aliphatic heterocycles. The third kappa shape index (κ3) is 5.49. The van der Waals surface area contributed by atoms with Crippen LogP contribution in [0.2, 0.25) is 0 Å². The van der Waals surface area contributed by atoms with Gasteiger partial charge >= 0.3 is 0 Å². The quantitative estimate of drug-likeness (QED) is 0.757. The van der Waals surface area contributed by atoms with Gasteiger partial charge in [-0.15, -0.1) is 0 Å². The van der Waals surface area contributed by atoms with Crippen molar-refractivity contribution in [2.45, 2.75) is 32.7 Å². The van der Waals surface area contributed by atoms with Gasteiger partial charge in [0.25, 0.3) is 0 Å². The fourth-order valence-electron chi connectivity index (χ4n) is 2.24. The minimum atomic E-state index is -0.227. The summed E-state index contributed by atoms with van der Waals surface area (Å²) in [4.78, 5) is 11.9. The van der Waals surface area contributed by atoms with E-state index in [-0.39, 0.29) is 11.7 Å². The number of hydrogen-bond acceptors (Lipinski definition) is 2. The lowest BCUT2D eigenvalue weighted by Gasteiger charge is -2.09. The molecule has 0 heterocycles. The largest absolute Gasteiger partial charge is 0.326 e.